The van der Waals surface area contributed by atoms with Crippen LogP contribution in [0.3, 0.4) is 0 Å². The maximum Gasteiger partial charge on any atom is 0.225 e. The fourth-order valence-corrected chi connectivity index (χ4v) is 5.15. The van der Waals surface area contributed by atoms with Gasteiger partial charge in [0.25, 0.3) is 0 Å². The van der Waals surface area contributed by atoms with E-state index < -0.39 is 0 Å². The summed E-state index contributed by atoms with van der Waals surface area (Å²) in [5, 5.41) is 14.0. The van der Waals surface area contributed by atoms with Crippen LogP contribution < -0.4 is 10.2 Å². The average molecular weight is 528 g/mol. The molecule has 2 aliphatic rings. The predicted octanol–water partition coefficient (Wildman–Crippen LogP) is 3.55. The van der Waals surface area contributed by atoms with E-state index in [4.69, 9.17) is 0 Å². The van der Waals surface area contributed by atoms with E-state index in [9.17, 15) is 9.90 Å². The van der Waals surface area contributed by atoms with Crippen molar-refractivity contribution in [3.63, 3.8) is 0 Å². The molecule has 0 bridgehead atoms. The number of anilines is 3. The molecule has 1 saturated carbocycles. The molecule has 11 nitrogen and oxygen atoms in total. The molecule has 1 saturated heterocycles. The van der Waals surface area contributed by atoms with Gasteiger partial charge in [0.2, 0.25) is 11.9 Å². The van der Waals surface area contributed by atoms with Crippen LogP contribution >= 0.6 is 0 Å². The lowest BCUT2D eigenvalue weighted by Crippen LogP contribution is -2.49. The van der Waals surface area contributed by atoms with Gasteiger partial charge in [-0.2, -0.15) is 0 Å². The van der Waals surface area contributed by atoms with Crippen LogP contribution in [-0.4, -0.2) is 86.0 Å². The zero-order chi connectivity index (χ0) is 27.1. The van der Waals surface area contributed by atoms with Crippen LogP contribution in [-0.2, 0) is 4.79 Å². The van der Waals surface area contributed by atoms with Crippen molar-refractivity contribution in [2.45, 2.75) is 25.8 Å². The molecule has 39 heavy (non-hydrogen) atoms. The van der Waals surface area contributed by atoms with Crippen molar-refractivity contribution < 1.29 is 9.90 Å². The van der Waals surface area contributed by atoms with E-state index in [2.05, 4.69) is 42.1 Å². The normalized spacial score (nSPS) is 16.8. The Bertz CT molecular complexity index is 1510. The molecule has 11 heteroatoms. The van der Waals surface area contributed by atoms with Crippen molar-refractivity contribution >= 4 is 34.5 Å². The molecule has 3 N–H and O–H groups in total. The first-order valence-corrected chi connectivity index (χ1v) is 13.3. The number of aromatic amines is 1. The van der Waals surface area contributed by atoms with Crippen molar-refractivity contribution in [3.05, 3.63) is 48.4 Å². The minimum Gasteiger partial charge on any atom is -0.503 e. The third-order valence-corrected chi connectivity index (χ3v) is 7.60. The Hall–Kier alpha value is -4.25. The quantitative estimate of drug-likeness (QED) is 0.331. The average Bonchev–Trinajstić information content (AvgIpc) is 3.72. The molecule has 1 atom stereocenters. The number of nitrogens with one attached hydrogen (secondary N) is 2. The number of carbonyl (C=O) groups excluding carboxylic acids is 1. The highest BCUT2D eigenvalue weighted by atomic mass is 16.3. The van der Waals surface area contributed by atoms with Gasteiger partial charge < -0.3 is 25.2 Å². The number of fused-ring (bicyclic) bond motifs is 1. The van der Waals surface area contributed by atoms with E-state index in [1.807, 2.05) is 55.5 Å². The van der Waals surface area contributed by atoms with Crippen LogP contribution in [0.2, 0.25) is 0 Å². The first-order chi connectivity index (χ1) is 18.9. The number of H-pyrrole nitrogens is 1. The SMILES string of the molecule is CC(c1ccnc(Nc2nc3ccc(-c4ncnc(N(C)C)c4O)cc3[nH]2)c1)N1CCN(C(=O)C2CC2)CC1. The lowest BCUT2D eigenvalue weighted by Gasteiger charge is -2.38. The smallest absolute Gasteiger partial charge is 0.225 e. The first kappa shape index (κ1) is 25.1. The van der Waals surface area contributed by atoms with E-state index in [0.717, 1.165) is 61.2 Å². The van der Waals surface area contributed by atoms with Gasteiger partial charge in [-0.25, -0.2) is 19.9 Å². The maximum atomic E-state index is 12.4. The van der Waals surface area contributed by atoms with Crippen molar-refractivity contribution in [2.24, 2.45) is 5.92 Å². The van der Waals surface area contributed by atoms with Gasteiger partial charge in [0.1, 0.15) is 17.8 Å². The molecule has 1 aliphatic carbocycles. The van der Waals surface area contributed by atoms with Crippen LogP contribution in [0.1, 0.15) is 31.4 Å². The number of carbonyl (C=O) groups is 1. The van der Waals surface area contributed by atoms with Crippen molar-refractivity contribution in [2.75, 3.05) is 50.5 Å². The monoisotopic (exact) mass is 527 g/mol. The predicted molar refractivity (Wildman–Crippen MR) is 150 cm³/mol. The number of benzene rings is 1. The molecule has 6 rings (SSSR count). The number of rotatable bonds is 7. The summed E-state index contributed by atoms with van der Waals surface area (Å²) in [7, 11) is 3.65. The third kappa shape index (κ3) is 5.09. The number of piperazine rings is 1. The van der Waals surface area contributed by atoms with Gasteiger partial charge in [0, 0.05) is 64.0 Å². The number of nitrogens with zero attached hydrogens (tertiary/aromatic N) is 7. The lowest BCUT2D eigenvalue weighted by atomic mass is 10.1. The highest BCUT2D eigenvalue weighted by molar-refractivity contribution is 5.85. The Morgan fingerprint density at radius 1 is 1.10 bits per heavy atom. The van der Waals surface area contributed by atoms with E-state index >= 15 is 0 Å². The lowest BCUT2D eigenvalue weighted by molar-refractivity contribution is -0.134. The van der Waals surface area contributed by atoms with Gasteiger partial charge >= 0.3 is 0 Å². The highest BCUT2D eigenvalue weighted by Crippen LogP contribution is 2.35. The van der Waals surface area contributed by atoms with E-state index in [0.29, 0.717) is 29.2 Å². The number of pyridine rings is 1. The molecule has 1 amide bonds. The second-order valence-electron chi connectivity index (χ2n) is 10.5. The zero-order valence-electron chi connectivity index (χ0n) is 22.4. The molecule has 1 aliphatic heterocycles. The molecule has 0 radical (unpaired) electrons. The number of aromatic hydroxyl groups is 1. The van der Waals surface area contributed by atoms with Gasteiger partial charge in [0.05, 0.1) is 11.0 Å². The molecule has 202 valence electrons. The highest BCUT2D eigenvalue weighted by Gasteiger charge is 2.35. The summed E-state index contributed by atoms with van der Waals surface area (Å²) in [6.07, 6.45) is 5.36. The summed E-state index contributed by atoms with van der Waals surface area (Å²) in [4.78, 5) is 39.5. The minimum atomic E-state index is 0.0331. The van der Waals surface area contributed by atoms with Crippen LogP contribution in [0.15, 0.2) is 42.9 Å². The summed E-state index contributed by atoms with van der Waals surface area (Å²) in [6.45, 7) is 5.52. The Morgan fingerprint density at radius 3 is 2.64 bits per heavy atom. The molecule has 1 unspecified atom stereocenters. The topological polar surface area (TPSA) is 126 Å². The summed E-state index contributed by atoms with van der Waals surface area (Å²) >= 11 is 0. The molecular weight excluding hydrogens is 494 g/mol. The van der Waals surface area contributed by atoms with Gasteiger partial charge in [-0.05, 0) is 49.6 Å². The van der Waals surface area contributed by atoms with Gasteiger partial charge in [0.15, 0.2) is 11.6 Å². The second-order valence-corrected chi connectivity index (χ2v) is 10.5. The Kier molecular flexibility index (Phi) is 6.51. The minimum absolute atomic E-state index is 0.0331. The second kappa shape index (κ2) is 10.1. The molecule has 2 fully saturated rings. The summed E-state index contributed by atoms with van der Waals surface area (Å²) in [5.41, 5.74) is 3.96. The van der Waals surface area contributed by atoms with E-state index in [1.54, 1.807) is 4.90 Å². The molecule has 4 heterocycles. The summed E-state index contributed by atoms with van der Waals surface area (Å²) in [6, 6.07) is 9.98. The molecule has 0 spiro atoms. The Labute approximate surface area is 226 Å². The van der Waals surface area contributed by atoms with Crippen LogP contribution in [0.25, 0.3) is 22.3 Å². The fourth-order valence-electron chi connectivity index (χ4n) is 5.15. The summed E-state index contributed by atoms with van der Waals surface area (Å²) < 4.78 is 0. The Morgan fingerprint density at radius 2 is 1.90 bits per heavy atom. The number of hydrogen-bond acceptors (Lipinski definition) is 9. The molecule has 3 aromatic heterocycles. The van der Waals surface area contributed by atoms with E-state index in [1.165, 1.54) is 6.33 Å². The van der Waals surface area contributed by atoms with Crippen molar-refractivity contribution in [3.8, 4) is 17.0 Å². The van der Waals surface area contributed by atoms with Gasteiger partial charge in [-0.3, -0.25) is 9.69 Å². The number of imidazole rings is 1. The van der Waals surface area contributed by atoms with Crippen LogP contribution in [0, 0.1) is 5.92 Å². The molecular formula is C28H33N9O2. The number of hydrogen-bond donors (Lipinski definition) is 3. The van der Waals surface area contributed by atoms with Crippen LogP contribution in [0.4, 0.5) is 17.6 Å². The van der Waals surface area contributed by atoms with Crippen molar-refractivity contribution in [1.82, 2.24) is 34.7 Å². The maximum absolute atomic E-state index is 12.4. The standard InChI is InChI=1S/C28H33N9O2/c1-17(36-10-12-37(13-11-36)27(39)18-4-5-18)19-8-9-29-23(15-19)34-28-32-21-7-6-20(14-22(21)33-28)24-25(38)26(35(2)3)31-16-30-24/h6-9,14-18,38H,4-5,10-13H2,1-3H3,(H2,29,32,33,34). The Balaban J connectivity index is 1.16. The number of aromatic nitrogens is 5. The summed E-state index contributed by atoms with van der Waals surface area (Å²) in [5.74, 6) is 2.38. The molecule has 1 aromatic carbocycles. The number of amides is 1. The molecule has 4 aromatic rings. The zero-order valence-corrected chi connectivity index (χ0v) is 22.4. The van der Waals surface area contributed by atoms with E-state index in [-0.39, 0.29) is 17.7 Å². The van der Waals surface area contributed by atoms with Crippen molar-refractivity contribution in [1.29, 1.82) is 0 Å². The first-order valence-electron chi connectivity index (χ1n) is 13.3. The van der Waals surface area contributed by atoms with Crippen LogP contribution in [0.5, 0.6) is 5.75 Å². The largest absolute Gasteiger partial charge is 0.503 e. The fraction of sp³-hybridized carbons (Fsp3) is 0.393. The third-order valence-electron chi connectivity index (χ3n) is 7.60. The van der Waals surface area contributed by atoms with Gasteiger partial charge in [-0.1, -0.05) is 6.07 Å². The van der Waals surface area contributed by atoms with Gasteiger partial charge in [-0.15, -0.1) is 0 Å².